The number of carbonyl (C=O) groups excluding carboxylic acids is 2. The number of benzene rings is 2. The molecule has 2 rings (SSSR count). The number of methoxy groups -OCH3 is 1. The van der Waals surface area contributed by atoms with Gasteiger partial charge in [0.05, 0.1) is 7.11 Å². The second-order valence-electron chi connectivity index (χ2n) is 6.00. The zero-order valence-corrected chi connectivity index (χ0v) is 16.0. The third kappa shape index (κ3) is 5.71. The van der Waals surface area contributed by atoms with Crippen LogP contribution in [0.3, 0.4) is 0 Å². The van der Waals surface area contributed by atoms with Crippen molar-refractivity contribution in [3.05, 3.63) is 65.2 Å². The maximum atomic E-state index is 12.3. The normalized spacial score (nSPS) is 11.5. The Morgan fingerprint density at radius 3 is 2.50 bits per heavy atom. The van der Waals surface area contributed by atoms with E-state index in [1.54, 1.807) is 36.4 Å². The van der Waals surface area contributed by atoms with Gasteiger partial charge in [-0.15, -0.1) is 0 Å². The van der Waals surface area contributed by atoms with Gasteiger partial charge in [-0.05, 0) is 37.6 Å². The van der Waals surface area contributed by atoms with Crippen LogP contribution in [0.5, 0.6) is 11.5 Å². The number of Topliss-reactive ketones (excluding diaryl/α,β-unsaturated/α-hetero) is 1. The van der Waals surface area contributed by atoms with Gasteiger partial charge in [0, 0.05) is 11.6 Å². The lowest BCUT2D eigenvalue weighted by Gasteiger charge is -2.11. The third-order valence-electron chi connectivity index (χ3n) is 3.89. The van der Waals surface area contributed by atoms with Crippen LogP contribution in [0.25, 0.3) is 6.08 Å². The lowest BCUT2D eigenvalue weighted by Crippen LogP contribution is -2.23. The van der Waals surface area contributed by atoms with E-state index in [0.717, 1.165) is 5.56 Å². The van der Waals surface area contributed by atoms with Gasteiger partial charge in [0.2, 0.25) is 5.78 Å². The number of carbonyl (C=O) groups is 2. The van der Waals surface area contributed by atoms with Crippen LogP contribution in [0.2, 0.25) is 0 Å². The first-order chi connectivity index (χ1) is 13.4. The van der Waals surface area contributed by atoms with Crippen molar-refractivity contribution in [3.8, 4) is 17.6 Å². The number of ether oxygens (including phenoxy) is 3. The van der Waals surface area contributed by atoms with Crippen LogP contribution < -0.4 is 9.47 Å². The summed E-state index contributed by atoms with van der Waals surface area (Å²) in [7, 11) is 1.48. The minimum Gasteiger partial charge on any atom is -0.493 e. The van der Waals surface area contributed by atoms with Crippen LogP contribution in [0, 0.1) is 18.3 Å². The number of hydrogen-bond acceptors (Lipinski definition) is 6. The monoisotopic (exact) mass is 379 g/mol. The molecule has 0 fully saturated rings. The van der Waals surface area contributed by atoms with E-state index in [-0.39, 0.29) is 12.4 Å². The summed E-state index contributed by atoms with van der Waals surface area (Å²) < 4.78 is 15.6. The van der Waals surface area contributed by atoms with E-state index in [2.05, 4.69) is 0 Å². The Morgan fingerprint density at radius 1 is 1.14 bits per heavy atom. The van der Waals surface area contributed by atoms with Crippen molar-refractivity contribution < 1.29 is 23.8 Å². The lowest BCUT2D eigenvalue weighted by molar-refractivity contribution is -0.140. The van der Waals surface area contributed by atoms with Crippen molar-refractivity contribution in [2.75, 3.05) is 13.7 Å². The highest BCUT2D eigenvalue weighted by Gasteiger charge is 2.18. The molecule has 0 aliphatic rings. The van der Waals surface area contributed by atoms with Crippen molar-refractivity contribution in [2.45, 2.75) is 20.0 Å². The van der Waals surface area contributed by atoms with Gasteiger partial charge in [-0.3, -0.25) is 4.79 Å². The Bertz CT molecular complexity index is 910. The van der Waals surface area contributed by atoms with Gasteiger partial charge in [-0.25, -0.2) is 4.79 Å². The molecule has 0 saturated heterocycles. The standard InChI is InChI=1S/C22H21NO5/c1-15-4-8-18(9-5-15)22(25)16(2)28-21(24)11-7-17-6-10-19(27-13-12-23)20(14-17)26-3/h4-11,14,16H,13H2,1-3H3/b11-7+/t16-/m1/s1. The number of ketones is 1. The maximum absolute atomic E-state index is 12.3. The summed E-state index contributed by atoms with van der Waals surface area (Å²) in [5.74, 6) is -0.0195. The molecule has 0 amide bonds. The predicted molar refractivity (Wildman–Crippen MR) is 104 cm³/mol. The third-order valence-corrected chi connectivity index (χ3v) is 3.89. The van der Waals surface area contributed by atoms with Crippen LogP contribution in [0.4, 0.5) is 0 Å². The summed E-state index contributed by atoms with van der Waals surface area (Å²) in [6.07, 6.45) is 1.89. The molecule has 28 heavy (non-hydrogen) atoms. The molecule has 0 radical (unpaired) electrons. The average molecular weight is 379 g/mol. The van der Waals surface area contributed by atoms with Gasteiger partial charge < -0.3 is 14.2 Å². The summed E-state index contributed by atoms with van der Waals surface area (Å²) >= 11 is 0. The fourth-order valence-corrected chi connectivity index (χ4v) is 2.40. The molecule has 144 valence electrons. The van der Waals surface area contributed by atoms with Crippen molar-refractivity contribution >= 4 is 17.8 Å². The van der Waals surface area contributed by atoms with E-state index in [0.29, 0.717) is 22.6 Å². The number of rotatable bonds is 8. The Kier molecular flexibility index (Phi) is 7.35. The SMILES string of the molecule is COc1cc(/C=C/C(=O)O[C@H](C)C(=O)c2ccc(C)cc2)ccc1OCC#N. The zero-order chi connectivity index (χ0) is 20.5. The fraction of sp³-hybridized carbons (Fsp3) is 0.227. The molecule has 2 aromatic carbocycles. The van der Waals surface area contributed by atoms with Crippen molar-refractivity contribution in [1.29, 1.82) is 5.26 Å². The minimum atomic E-state index is -0.892. The van der Waals surface area contributed by atoms with Gasteiger partial charge in [-0.2, -0.15) is 5.26 Å². The smallest absolute Gasteiger partial charge is 0.331 e. The second-order valence-corrected chi connectivity index (χ2v) is 6.00. The fourth-order valence-electron chi connectivity index (χ4n) is 2.40. The van der Waals surface area contributed by atoms with Gasteiger partial charge in [0.15, 0.2) is 24.2 Å². The van der Waals surface area contributed by atoms with E-state index in [9.17, 15) is 9.59 Å². The molecule has 6 nitrogen and oxygen atoms in total. The zero-order valence-electron chi connectivity index (χ0n) is 16.0. The van der Waals surface area contributed by atoms with Gasteiger partial charge in [0.25, 0.3) is 0 Å². The quantitative estimate of drug-likeness (QED) is 0.395. The Labute approximate surface area is 164 Å². The van der Waals surface area contributed by atoms with Gasteiger partial charge in [-0.1, -0.05) is 35.9 Å². The molecule has 0 aliphatic heterocycles. The van der Waals surface area contributed by atoms with Crippen LogP contribution in [-0.4, -0.2) is 31.6 Å². The highest BCUT2D eigenvalue weighted by molar-refractivity contribution is 6.01. The highest BCUT2D eigenvalue weighted by atomic mass is 16.5. The average Bonchev–Trinajstić information content (AvgIpc) is 2.70. The summed E-state index contributed by atoms with van der Waals surface area (Å²) in [6, 6.07) is 14.0. The second kappa shape index (κ2) is 9.93. The minimum absolute atomic E-state index is 0.0925. The largest absolute Gasteiger partial charge is 0.493 e. The van der Waals surface area contributed by atoms with Gasteiger partial charge >= 0.3 is 5.97 Å². The van der Waals surface area contributed by atoms with Crippen LogP contribution in [0.15, 0.2) is 48.5 Å². The molecule has 0 N–H and O–H groups in total. The Morgan fingerprint density at radius 2 is 1.86 bits per heavy atom. The number of esters is 1. The molecule has 0 saturated carbocycles. The first-order valence-corrected chi connectivity index (χ1v) is 8.62. The summed E-state index contributed by atoms with van der Waals surface area (Å²) in [6.45, 7) is 3.38. The molecule has 6 heteroatoms. The van der Waals surface area contributed by atoms with E-state index >= 15 is 0 Å². The highest BCUT2D eigenvalue weighted by Crippen LogP contribution is 2.28. The predicted octanol–water partition coefficient (Wildman–Crippen LogP) is 3.73. The molecule has 2 aromatic rings. The first-order valence-electron chi connectivity index (χ1n) is 8.62. The van der Waals surface area contributed by atoms with Crippen LogP contribution in [0.1, 0.15) is 28.4 Å². The molecule has 1 atom stereocenters. The molecule has 0 heterocycles. The molecule has 0 bridgehead atoms. The molecular weight excluding hydrogens is 358 g/mol. The maximum Gasteiger partial charge on any atom is 0.331 e. The molecule has 0 unspecified atom stereocenters. The van der Waals surface area contributed by atoms with E-state index in [1.807, 2.05) is 25.1 Å². The lowest BCUT2D eigenvalue weighted by atomic mass is 10.1. The van der Waals surface area contributed by atoms with Crippen LogP contribution >= 0.6 is 0 Å². The van der Waals surface area contributed by atoms with E-state index in [1.165, 1.54) is 20.1 Å². The Hall–Kier alpha value is -3.59. The van der Waals surface area contributed by atoms with Crippen molar-refractivity contribution in [1.82, 2.24) is 0 Å². The Balaban J connectivity index is 2.00. The van der Waals surface area contributed by atoms with E-state index < -0.39 is 12.1 Å². The van der Waals surface area contributed by atoms with E-state index in [4.69, 9.17) is 19.5 Å². The molecule has 0 aromatic heterocycles. The van der Waals surface area contributed by atoms with Crippen molar-refractivity contribution in [3.63, 3.8) is 0 Å². The van der Waals surface area contributed by atoms with Gasteiger partial charge in [0.1, 0.15) is 6.07 Å². The summed E-state index contributed by atoms with van der Waals surface area (Å²) in [5, 5.41) is 8.58. The number of aryl methyl sites for hydroxylation is 1. The summed E-state index contributed by atoms with van der Waals surface area (Å²) in [5.41, 5.74) is 2.21. The number of hydrogen-bond donors (Lipinski definition) is 0. The number of nitrogens with zero attached hydrogens (tertiary/aromatic N) is 1. The number of nitriles is 1. The first kappa shape index (κ1) is 20.7. The molecule has 0 aliphatic carbocycles. The molecule has 0 spiro atoms. The van der Waals surface area contributed by atoms with Crippen LogP contribution in [-0.2, 0) is 9.53 Å². The summed E-state index contributed by atoms with van der Waals surface area (Å²) in [4.78, 5) is 24.3. The van der Waals surface area contributed by atoms with Crippen molar-refractivity contribution in [2.24, 2.45) is 0 Å². The topological polar surface area (TPSA) is 85.6 Å². The molecular formula is C22H21NO5.